The number of pyridine rings is 1. The van der Waals surface area contributed by atoms with Crippen LogP contribution in [0, 0.1) is 5.92 Å². The zero-order chi connectivity index (χ0) is 18.1. The van der Waals surface area contributed by atoms with Crippen LogP contribution >= 0.6 is 35.7 Å². The lowest BCUT2D eigenvalue weighted by molar-refractivity contribution is 0.143. The van der Waals surface area contributed by atoms with Crippen LogP contribution in [0.15, 0.2) is 23.3 Å². The first-order valence-electron chi connectivity index (χ1n) is 8.78. The molecule has 1 fully saturated rings. The van der Waals surface area contributed by atoms with Gasteiger partial charge in [-0.05, 0) is 12.0 Å². The SMILES string of the molecule is CN=C(NCc1cccnc1OCCOC)N1CCSC(C(C)C)C1.I. The first-order chi connectivity index (χ1) is 12.2. The third-order valence-electron chi connectivity index (χ3n) is 4.16. The van der Waals surface area contributed by atoms with Gasteiger partial charge in [0.05, 0.1) is 6.61 Å². The van der Waals surface area contributed by atoms with Crippen LogP contribution in [0.2, 0.25) is 0 Å². The van der Waals surface area contributed by atoms with Crippen molar-refractivity contribution in [1.82, 2.24) is 15.2 Å². The van der Waals surface area contributed by atoms with Crippen LogP contribution in [-0.2, 0) is 11.3 Å². The first-order valence-corrected chi connectivity index (χ1v) is 9.83. The van der Waals surface area contributed by atoms with E-state index in [1.54, 1.807) is 13.3 Å². The van der Waals surface area contributed by atoms with Gasteiger partial charge in [-0.1, -0.05) is 19.9 Å². The summed E-state index contributed by atoms with van der Waals surface area (Å²) in [5, 5.41) is 4.11. The molecule has 0 saturated carbocycles. The molecular formula is C18H31IN4O2S. The highest BCUT2D eigenvalue weighted by Crippen LogP contribution is 2.25. The Hall–Kier alpha value is -0.740. The Balaban J connectivity index is 0.00000338. The molecule has 26 heavy (non-hydrogen) atoms. The van der Waals surface area contributed by atoms with Gasteiger partial charge in [-0.15, -0.1) is 24.0 Å². The van der Waals surface area contributed by atoms with Gasteiger partial charge in [0.25, 0.3) is 0 Å². The molecule has 1 aliphatic heterocycles. The maximum absolute atomic E-state index is 5.70. The van der Waals surface area contributed by atoms with Gasteiger partial charge in [0.2, 0.25) is 5.88 Å². The predicted molar refractivity (Wildman–Crippen MR) is 120 cm³/mol. The summed E-state index contributed by atoms with van der Waals surface area (Å²) in [4.78, 5) is 11.1. The molecule has 0 aliphatic carbocycles. The Morgan fingerprint density at radius 1 is 1.46 bits per heavy atom. The largest absolute Gasteiger partial charge is 0.475 e. The topological polar surface area (TPSA) is 59.0 Å². The van der Waals surface area contributed by atoms with Gasteiger partial charge in [0.15, 0.2) is 5.96 Å². The van der Waals surface area contributed by atoms with Crippen molar-refractivity contribution >= 4 is 41.7 Å². The first kappa shape index (κ1) is 23.3. The highest BCUT2D eigenvalue weighted by atomic mass is 127. The summed E-state index contributed by atoms with van der Waals surface area (Å²) in [7, 11) is 3.50. The second kappa shape index (κ2) is 12.6. The zero-order valence-corrected chi connectivity index (χ0v) is 19.3. The van der Waals surface area contributed by atoms with Crippen molar-refractivity contribution in [3.63, 3.8) is 0 Å². The van der Waals surface area contributed by atoms with Crippen LogP contribution in [0.1, 0.15) is 19.4 Å². The fourth-order valence-corrected chi connectivity index (χ4v) is 3.99. The number of thioether (sulfide) groups is 1. The number of aliphatic imine (C=N–C) groups is 1. The van der Waals surface area contributed by atoms with Crippen molar-refractivity contribution in [2.75, 3.05) is 46.2 Å². The number of hydrogen-bond donors (Lipinski definition) is 1. The highest BCUT2D eigenvalue weighted by molar-refractivity contribution is 14.0. The number of halogens is 1. The summed E-state index contributed by atoms with van der Waals surface area (Å²) >= 11 is 2.06. The zero-order valence-electron chi connectivity index (χ0n) is 16.1. The van der Waals surface area contributed by atoms with Gasteiger partial charge in [-0.2, -0.15) is 11.8 Å². The molecule has 8 heteroatoms. The van der Waals surface area contributed by atoms with Crippen LogP contribution in [0.4, 0.5) is 0 Å². The van der Waals surface area contributed by atoms with Gasteiger partial charge in [0, 0.05) is 56.6 Å². The van der Waals surface area contributed by atoms with E-state index < -0.39 is 0 Å². The molecular weight excluding hydrogens is 463 g/mol. The van der Waals surface area contributed by atoms with Crippen molar-refractivity contribution in [3.05, 3.63) is 23.9 Å². The Morgan fingerprint density at radius 2 is 2.27 bits per heavy atom. The van der Waals surface area contributed by atoms with E-state index in [-0.39, 0.29) is 24.0 Å². The molecule has 0 radical (unpaired) electrons. The van der Waals surface area contributed by atoms with Crippen molar-refractivity contribution in [2.45, 2.75) is 25.6 Å². The lowest BCUT2D eigenvalue weighted by Gasteiger charge is -2.36. The normalized spacial score (nSPS) is 17.8. The molecule has 1 aromatic rings. The number of methoxy groups -OCH3 is 1. The minimum atomic E-state index is 0. The Bertz CT molecular complexity index is 560. The van der Waals surface area contributed by atoms with E-state index >= 15 is 0 Å². The fraction of sp³-hybridized carbons (Fsp3) is 0.667. The molecule has 0 amide bonds. The highest BCUT2D eigenvalue weighted by Gasteiger charge is 2.24. The van der Waals surface area contributed by atoms with Gasteiger partial charge < -0.3 is 19.7 Å². The molecule has 1 aliphatic rings. The maximum atomic E-state index is 5.70. The van der Waals surface area contributed by atoms with E-state index in [4.69, 9.17) is 9.47 Å². The van der Waals surface area contributed by atoms with E-state index in [0.29, 0.717) is 36.8 Å². The van der Waals surface area contributed by atoms with Crippen molar-refractivity contribution < 1.29 is 9.47 Å². The van der Waals surface area contributed by atoms with Gasteiger partial charge in [-0.3, -0.25) is 4.99 Å². The molecule has 0 spiro atoms. The monoisotopic (exact) mass is 494 g/mol. The number of nitrogens with zero attached hydrogens (tertiary/aromatic N) is 3. The number of ether oxygens (including phenoxy) is 2. The summed E-state index contributed by atoms with van der Waals surface area (Å²) in [6.45, 7) is 8.32. The van der Waals surface area contributed by atoms with E-state index in [1.807, 2.05) is 19.2 Å². The van der Waals surface area contributed by atoms with Crippen molar-refractivity contribution in [1.29, 1.82) is 0 Å². The standard InChI is InChI=1S/C18H30N4O2S.HI/c1-14(2)16-13-22(8-11-25-16)18(19-3)21-12-15-6-5-7-20-17(15)24-10-9-23-4;/h5-7,14,16H,8-13H2,1-4H3,(H,19,21);1H. The Kier molecular flexibility index (Phi) is 11.3. The number of hydrogen-bond acceptors (Lipinski definition) is 5. The summed E-state index contributed by atoms with van der Waals surface area (Å²) in [5.74, 6) is 3.40. The maximum Gasteiger partial charge on any atom is 0.218 e. The smallest absolute Gasteiger partial charge is 0.218 e. The third-order valence-corrected chi connectivity index (χ3v) is 5.70. The number of aromatic nitrogens is 1. The molecule has 1 atom stereocenters. The third kappa shape index (κ3) is 7.11. The molecule has 1 saturated heterocycles. The van der Waals surface area contributed by atoms with Crippen molar-refractivity contribution in [3.8, 4) is 5.88 Å². The summed E-state index contributed by atoms with van der Waals surface area (Å²) < 4.78 is 10.7. The van der Waals surface area contributed by atoms with Crippen LogP contribution in [0.5, 0.6) is 5.88 Å². The molecule has 6 nitrogen and oxygen atoms in total. The van der Waals surface area contributed by atoms with Crippen LogP contribution in [-0.4, -0.2) is 67.3 Å². The lowest BCUT2D eigenvalue weighted by Crippen LogP contribution is -2.48. The molecule has 2 rings (SSSR count). The van der Waals surface area contributed by atoms with E-state index in [9.17, 15) is 0 Å². The molecule has 0 bridgehead atoms. The number of rotatable bonds is 7. The number of guanidine groups is 1. The average Bonchev–Trinajstić information content (AvgIpc) is 2.64. The summed E-state index contributed by atoms with van der Waals surface area (Å²) in [6.07, 6.45) is 1.75. The Labute approximate surface area is 178 Å². The summed E-state index contributed by atoms with van der Waals surface area (Å²) in [5.41, 5.74) is 1.02. The van der Waals surface area contributed by atoms with E-state index in [0.717, 1.165) is 30.4 Å². The van der Waals surface area contributed by atoms with Gasteiger partial charge in [-0.25, -0.2) is 4.98 Å². The van der Waals surface area contributed by atoms with Crippen molar-refractivity contribution in [2.24, 2.45) is 10.9 Å². The van der Waals surface area contributed by atoms with Crippen LogP contribution in [0.25, 0.3) is 0 Å². The molecule has 148 valence electrons. The minimum Gasteiger partial charge on any atom is -0.475 e. The molecule has 1 unspecified atom stereocenters. The fourth-order valence-electron chi connectivity index (χ4n) is 2.69. The van der Waals surface area contributed by atoms with Crippen LogP contribution < -0.4 is 10.1 Å². The van der Waals surface area contributed by atoms with Crippen LogP contribution in [0.3, 0.4) is 0 Å². The minimum absolute atomic E-state index is 0. The second-order valence-corrected chi connectivity index (χ2v) is 7.66. The van der Waals surface area contributed by atoms with Gasteiger partial charge >= 0.3 is 0 Å². The van der Waals surface area contributed by atoms with E-state index in [1.165, 1.54) is 0 Å². The second-order valence-electron chi connectivity index (χ2n) is 6.31. The molecule has 1 N–H and O–H groups in total. The molecule has 2 heterocycles. The molecule has 1 aromatic heterocycles. The summed E-state index contributed by atoms with van der Waals surface area (Å²) in [6, 6.07) is 3.95. The number of nitrogens with one attached hydrogen (secondary N) is 1. The lowest BCUT2D eigenvalue weighted by atomic mass is 10.1. The van der Waals surface area contributed by atoms with E-state index in [2.05, 4.69) is 45.8 Å². The van der Waals surface area contributed by atoms with Gasteiger partial charge in [0.1, 0.15) is 6.61 Å². The quantitative estimate of drug-likeness (QED) is 0.272. The average molecular weight is 494 g/mol. The molecule has 0 aromatic carbocycles. The predicted octanol–water partition coefficient (Wildman–Crippen LogP) is 2.87. The Morgan fingerprint density at radius 3 is 2.96 bits per heavy atom.